The van der Waals surface area contributed by atoms with Crippen LogP contribution in [0.25, 0.3) is 0 Å². The van der Waals surface area contributed by atoms with Crippen molar-refractivity contribution in [2.24, 2.45) is 4.99 Å². The Kier molecular flexibility index (Phi) is 9.93. The molecule has 0 spiro atoms. The van der Waals surface area contributed by atoms with Crippen LogP contribution in [0.2, 0.25) is 0 Å². The zero-order valence-corrected chi connectivity index (χ0v) is 21.7. The van der Waals surface area contributed by atoms with Crippen molar-refractivity contribution in [2.45, 2.75) is 78.5 Å². The van der Waals surface area contributed by atoms with Crippen LogP contribution in [-0.4, -0.2) is 58.5 Å². The predicted octanol–water partition coefficient (Wildman–Crippen LogP) is 3.65. The van der Waals surface area contributed by atoms with Gasteiger partial charge in [-0.15, -0.1) is 24.0 Å². The van der Waals surface area contributed by atoms with Gasteiger partial charge in [0, 0.05) is 19.3 Å². The summed E-state index contributed by atoms with van der Waals surface area (Å²) in [6, 6.07) is 2.63. The Balaban J connectivity index is 0.00000480. The third-order valence-corrected chi connectivity index (χ3v) is 4.56. The van der Waals surface area contributed by atoms with Crippen molar-refractivity contribution in [1.29, 1.82) is 0 Å². The Morgan fingerprint density at radius 3 is 2.65 bits per heavy atom. The van der Waals surface area contributed by atoms with Crippen molar-refractivity contribution in [3.05, 3.63) is 29.8 Å². The quantitative estimate of drug-likeness (QED) is 0.330. The number of aliphatic imine (C=N–C) groups is 1. The van der Waals surface area contributed by atoms with Crippen LogP contribution in [0.5, 0.6) is 0 Å². The number of ether oxygens (including phenoxy) is 2. The summed E-state index contributed by atoms with van der Waals surface area (Å²) in [4.78, 5) is 22.9. The molecule has 1 fully saturated rings. The fourth-order valence-corrected chi connectivity index (χ4v) is 3.35. The average molecular weight is 551 g/mol. The van der Waals surface area contributed by atoms with Gasteiger partial charge >= 0.3 is 6.09 Å². The molecule has 0 aromatic carbocycles. The van der Waals surface area contributed by atoms with Crippen LogP contribution in [0.3, 0.4) is 0 Å². The summed E-state index contributed by atoms with van der Waals surface area (Å²) in [6.07, 6.45) is 0.893. The number of hydrogen-bond acceptors (Lipinski definition) is 5. The first-order chi connectivity index (χ1) is 13.9. The van der Waals surface area contributed by atoms with E-state index in [1.807, 2.05) is 48.5 Å². The summed E-state index contributed by atoms with van der Waals surface area (Å²) in [5.41, 5.74) is -1.15. The van der Waals surface area contributed by atoms with E-state index in [4.69, 9.17) is 9.47 Å². The lowest BCUT2D eigenvalue weighted by atomic mass is 10.1. The maximum atomic E-state index is 13.8. The molecule has 1 amide bonds. The van der Waals surface area contributed by atoms with Crippen LogP contribution in [0.1, 0.15) is 54.2 Å². The minimum absolute atomic E-state index is 0. The topological polar surface area (TPSA) is 88.1 Å². The van der Waals surface area contributed by atoms with Gasteiger partial charge in [-0.05, 0) is 60.6 Å². The number of carbonyl (C=O) groups excluding carboxylic acids is 1. The number of hydrogen-bond donors (Lipinski definition) is 2. The molecule has 2 heterocycles. The van der Waals surface area contributed by atoms with Gasteiger partial charge in [-0.3, -0.25) is 9.88 Å². The van der Waals surface area contributed by atoms with E-state index >= 15 is 0 Å². The van der Waals surface area contributed by atoms with E-state index in [9.17, 15) is 9.18 Å². The molecule has 31 heavy (non-hydrogen) atoms. The highest BCUT2D eigenvalue weighted by Gasteiger charge is 2.49. The normalized spacial score (nSPS) is 20.8. The Bertz CT molecular complexity index is 770. The minimum atomic E-state index is -0.805. The lowest BCUT2D eigenvalue weighted by molar-refractivity contribution is -0.0755. The van der Waals surface area contributed by atoms with Crippen LogP contribution in [0.15, 0.2) is 23.3 Å². The fraction of sp³-hybridized carbons (Fsp3) is 0.667. The molecule has 10 heteroatoms. The second-order valence-electron chi connectivity index (χ2n) is 8.70. The Morgan fingerprint density at radius 1 is 1.39 bits per heavy atom. The van der Waals surface area contributed by atoms with Crippen molar-refractivity contribution in [3.8, 4) is 0 Å². The van der Waals surface area contributed by atoms with Gasteiger partial charge in [0.15, 0.2) is 5.96 Å². The molecule has 0 saturated carbocycles. The molecule has 1 saturated heterocycles. The third-order valence-electron chi connectivity index (χ3n) is 4.56. The van der Waals surface area contributed by atoms with Crippen molar-refractivity contribution in [1.82, 2.24) is 20.5 Å². The van der Waals surface area contributed by atoms with Gasteiger partial charge in [-0.1, -0.05) is 0 Å². The first-order valence-electron chi connectivity index (χ1n) is 10.3. The van der Waals surface area contributed by atoms with E-state index in [0.29, 0.717) is 19.0 Å². The van der Waals surface area contributed by atoms with Crippen molar-refractivity contribution in [2.75, 3.05) is 13.1 Å². The summed E-state index contributed by atoms with van der Waals surface area (Å²) >= 11 is 0. The van der Waals surface area contributed by atoms with Gasteiger partial charge in [0.25, 0.3) is 0 Å². The highest BCUT2D eigenvalue weighted by molar-refractivity contribution is 14.0. The van der Waals surface area contributed by atoms with E-state index in [2.05, 4.69) is 20.6 Å². The largest absolute Gasteiger partial charge is 0.444 e. The molecule has 176 valence electrons. The number of nitrogens with zero attached hydrogens (tertiary/aromatic N) is 3. The first-order valence-corrected chi connectivity index (χ1v) is 10.3. The summed E-state index contributed by atoms with van der Waals surface area (Å²) in [6.45, 7) is 14.2. The number of aromatic nitrogens is 1. The van der Waals surface area contributed by atoms with Gasteiger partial charge in [0.05, 0.1) is 24.4 Å². The minimum Gasteiger partial charge on any atom is -0.444 e. The number of halogens is 2. The predicted molar refractivity (Wildman–Crippen MR) is 129 cm³/mol. The van der Waals surface area contributed by atoms with Crippen molar-refractivity contribution < 1.29 is 18.7 Å². The SMILES string of the molecule is CCNC(=NCc1ncccc1F)NCC1C(C)OC(C)(C)N1C(=O)OC(C)(C)C.I. The number of nitrogens with one attached hydrogen (secondary N) is 2. The second kappa shape index (κ2) is 11.3. The molecule has 2 unspecified atom stereocenters. The molecule has 0 aliphatic carbocycles. The summed E-state index contributed by atoms with van der Waals surface area (Å²) in [5, 5.41) is 6.35. The Morgan fingerprint density at radius 2 is 2.06 bits per heavy atom. The van der Waals surface area contributed by atoms with E-state index < -0.39 is 23.2 Å². The zero-order chi connectivity index (χ0) is 22.5. The van der Waals surface area contributed by atoms with Gasteiger partial charge < -0.3 is 20.1 Å². The van der Waals surface area contributed by atoms with Gasteiger partial charge in [0.1, 0.15) is 17.1 Å². The number of pyridine rings is 1. The van der Waals surface area contributed by atoms with E-state index in [-0.39, 0.29) is 48.4 Å². The third kappa shape index (κ3) is 7.74. The van der Waals surface area contributed by atoms with E-state index in [0.717, 1.165) is 0 Å². The highest BCUT2D eigenvalue weighted by Crippen LogP contribution is 2.33. The molecule has 2 atom stereocenters. The molecule has 1 aromatic rings. The lowest BCUT2D eigenvalue weighted by Gasteiger charge is -2.35. The summed E-state index contributed by atoms with van der Waals surface area (Å²) in [7, 11) is 0. The van der Waals surface area contributed by atoms with Crippen molar-refractivity contribution in [3.63, 3.8) is 0 Å². The highest BCUT2D eigenvalue weighted by atomic mass is 127. The molecule has 8 nitrogen and oxygen atoms in total. The van der Waals surface area contributed by atoms with Crippen molar-refractivity contribution >= 4 is 36.0 Å². The first kappa shape index (κ1) is 27.3. The van der Waals surface area contributed by atoms with Gasteiger partial charge in [0.2, 0.25) is 0 Å². The molecular weight excluding hydrogens is 516 g/mol. The molecule has 1 aliphatic heterocycles. The molecule has 1 aromatic heterocycles. The van der Waals surface area contributed by atoms with Gasteiger partial charge in [-0.2, -0.15) is 0 Å². The van der Waals surface area contributed by atoms with Gasteiger partial charge in [-0.25, -0.2) is 14.2 Å². The molecule has 2 N–H and O–H groups in total. The Hall–Kier alpha value is -1.69. The number of guanidine groups is 1. The standard InChI is InChI=1S/C21H34FN5O3.HI/c1-8-23-18(25-12-16-15(22)10-9-11-24-16)26-13-17-14(2)29-21(6,7)27(17)19(28)30-20(3,4)5;/h9-11,14,17H,8,12-13H2,1-7H3,(H2,23,25,26);1H. The number of rotatable bonds is 5. The summed E-state index contributed by atoms with van der Waals surface area (Å²) in [5.74, 6) is 0.108. The molecular formula is C21H35FIN5O3. The molecule has 0 bridgehead atoms. The second-order valence-corrected chi connectivity index (χ2v) is 8.70. The lowest BCUT2D eigenvalue weighted by Crippen LogP contribution is -2.54. The Labute approximate surface area is 201 Å². The average Bonchev–Trinajstić information content (AvgIpc) is 2.85. The summed E-state index contributed by atoms with van der Waals surface area (Å²) < 4.78 is 25.4. The zero-order valence-electron chi connectivity index (χ0n) is 19.4. The molecule has 1 aliphatic rings. The number of amides is 1. The van der Waals surface area contributed by atoms with Crippen LogP contribution < -0.4 is 10.6 Å². The molecule has 0 radical (unpaired) electrons. The van der Waals surface area contributed by atoms with E-state index in [1.54, 1.807) is 11.0 Å². The smallest absolute Gasteiger partial charge is 0.412 e. The fourth-order valence-electron chi connectivity index (χ4n) is 3.35. The van der Waals surface area contributed by atoms with E-state index in [1.165, 1.54) is 12.3 Å². The van der Waals surface area contributed by atoms with Crippen LogP contribution in [-0.2, 0) is 16.0 Å². The van der Waals surface area contributed by atoms with Crippen LogP contribution in [0.4, 0.5) is 9.18 Å². The number of carbonyl (C=O) groups is 1. The maximum absolute atomic E-state index is 13.8. The molecule has 2 rings (SSSR count). The van der Waals surface area contributed by atoms with Crippen LogP contribution in [0, 0.1) is 5.82 Å². The maximum Gasteiger partial charge on any atom is 0.412 e. The monoisotopic (exact) mass is 551 g/mol. The van der Waals surface area contributed by atoms with Crippen LogP contribution >= 0.6 is 24.0 Å².